The van der Waals surface area contributed by atoms with Crippen molar-refractivity contribution in [2.45, 2.75) is 18.9 Å². The van der Waals surface area contributed by atoms with Crippen LogP contribution in [0.3, 0.4) is 0 Å². The standard InChI is InChI=1S/C23H22N2O5S/c26-16-19-15-25(31(28,29)24-19)22-13-10-18(14-23(22)27)7-6-17-8-11-21(12-9-17)30-20-4-2-1-3-5-20/h1-5,8-14,16,19,24,27H,6-7,15H2. The minimum absolute atomic E-state index is 0.0455. The van der Waals surface area contributed by atoms with Crippen molar-refractivity contribution < 1.29 is 23.1 Å². The second kappa shape index (κ2) is 8.79. The molecule has 1 unspecified atom stereocenters. The molecular weight excluding hydrogens is 416 g/mol. The molecule has 0 saturated carbocycles. The monoisotopic (exact) mass is 438 g/mol. The van der Waals surface area contributed by atoms with E-state index in [0.29, 0.717) is 12.7 Å². The first-order valence-electron chi connectivity index (χ1n) is 9.83. The Morgan fingerprint density at radius 2 is 1.61 bits per heavy atom. The van der Waals surface area contributed by atoms with Crippen molar-refractivity contribution in [3.63, 3.8) is 0 Å². The molecule has 0 aromatic heterocycles. The number of ether oxygens (including phenoxy) is 1. The van der Waals surface area contributed by atoms with Gasteiger partial charge in [0.05, 0.1) is 18.3 Å². The highest BCUT2D eigenvalue weighted by Crippen LogP contribution is 2.32. The largest absolute Gasteiger partial charge is 0.506 e. The van der Waals surface area contributed by atoms with Crippen LogP contribution in [0.25, 0.3) is 0 Å². The summed E-state index contributed by atoms with van der Waals surface area (Å²) in [5, 5.41) is 10.4. The quantitative estimate of drug-likeness (QED) is 0.553. The summed E-state index contributed by atoms with van der Waals surface area (Å²) in [6.45, 7) is -0.0455. The number of aromatic hydroxyl groups is 1. The number of carbonyl (C=O) groups is 1. The number of aryl methyl sites for hydroxylation is 2. The van der Waals surface area contributed by atoms with Crippen molar-refractivity contribution in [3.8, 4) is 17.2 Å². The van der Waals surface area contributed by atoms with Crippen molar-refractivity contribution in [1.29, 1.82) is 0 Å². The fourth-order valence-corrected chi connectivity index (χ4v) is 4.85. The third-order valence-electron chi connectivity index (χ3n) is 5.03. The molecule has 0 bridgehead atoms. The third-order valence-corrected chi connectivity index (χ3v) is 6.56. The molecule has 1 aliphatic heterocycles. The molecule has 1 atom stereocenters. The number of phenols is 1. The number of nitrogens with zero attached hydrogens (tertiary/aromatic N) is 1. The number of benzene rings is 3. The summed E-state index contributed by atoms with van der Waals surface area (Å²) in [5.74, 6) is 1.40. The predicted octanol–water partition coefficient (Wildman–Crippen LogP) is 3.19. The van der Waals surface area contributed by atoms with Crippen LogP contribution in [0.4, 0.5) is 5.69 Å². The number of para-hydroxylation sites is 1. The minimum Gasteiger partial charge on any atom is -0.506 e. The van der Waals surface area contributed by atoms with Gasteiger partial charge in [-0.25, -0.2) is 0 Å². The average Bonchev–Trinajstić information content (AvgIpc) is 3.08. The normalized spacial score (nSPS) is 17.4. The van der Waals surface area contributed by atoms with Crippen LogP contribution in [0.1, 0.15) is 11.1 Å². The molecule has 160 valence electrons. The van der Waals surface area contributed by atoms with E-state index in [0.717, 1.165) is 33.4 Å². The third kappa shape index (κ3) is 4.87. The van der Waals surface area contributed by atoms with Crippen LogP contribution in [0.5, 0.6) is 17.2 Å². The molecule has 3 aromatic rings. The van der Waals surface area contributed by atoms with Crippen LogP contribution in [-0.4, -0.2) is 32.4 Å². The van der Waals surface area contributed by atoms with Gasteiger partial charge >= 0.3 is 10.2 Å². The second-order valence-corrected chi connectivity index (χ2v) is 8.91. The summed E-state index contributed by atoms with van der Waals surface area (Å²) in [4.78, 5) is 10.9. The highest BCUT2D eigenvalue weighted by molar-refractivity contribution is 7.91. The summed E-state index contributed by atoms with van der Waals surface area (Å²) in [6, 6.07) is 21.5. The molecule has 0 aliphatic carbocycles. The summed E-state index contributed by atoms with van der Waals surface area (Å²) < 4.78 is 33.4. The second-order valence-electron chi connectivity index (χ2n) is 7.28. The zero-order valence-corrected chi connectivity index (χ0v) is 17.5. The van der Waals surface area contributed by atoms with E-state index in [4.69, 9.17) is 4.74 Å². The number of anilines is 1. The number of rotatable bonds is 7. The van der Waals surface area contributed by atoms with Crippen molar-refractivity contribution >= 4 is 22.2 Å². The van der Waals surface area contributed by atoms with E-state index in [2.05, 4.69) is 4.72 Å². The molecule has 1 saturated heterocycles. The maximum absolute atomic E-state index is 12.2. The molecule has 4 rings (SSSR count). The molecule has 7 nitrogen and oxygen atoms in total. The van der Waals surface area contributed by atoms with Gasteiger partial charge in [-0.05, 0) is 60.4 Å². The van der Waals surface area contributed by atoms with Crippen LogP contribution in [0.2, 0.25) is 0 Å². The van der Waals surface area contributed by atoms with E-state index < -0.39 is 16.3 Å². The van der Waals surface area contributed by atoms with Gasteiger partial charge in [-0.2, -0.15) is 13.1 Å². The summed E-state index contributed by atoms with van der Waals surface area (Å²) in [5.41, 5.74) is 2.15. The fraction of sp³-hybridized carbons (Fsp3) is 0.174. The molecule has 0 amide bonds. The Bertz CT molecular complexity index is 1160. The van der Waals surface area contributed by atoms with Crippen molar-refractivity contribution in [2.24, 2.45) is 0 Å². The first kappa shape index (κ1) is 20.9. The van der Waals surface area contributed by atoms with Gasteiger partial charge in [-0.1, -0.05) is 36.4 Å². The first-order valence-corrected chi connectivity index (χ1v) is 11.3. The number of hydrogen-bond donors (Lipinski definition) is 2. The smallest absolute Gasteiger partial charge is 0.302 e. The summed E-state index contributed by atoms with van der Waals surface area (Å²) in [6.07, 6.45) is 1.97. The molecular formula is C23H22N2O5S. The van der Waals surface area contributed by atoms with Crippen molar-refractivity contribution in [3.05, 3.63) is 83.9 Å². The summed E-state index contributed by atoms with van der Waals surface area (Å²) >= 11 is 0. The SMILES string of the molecule is O=CC1CN(c2ccc(CCc3ccc(Oc4ccccc4)cc3)cc2O)S(=O)(=O)N1. The molecule has 8 heteroatoms. The molecule has 1 aliphatic rings. The molecule has 0 spiro atoms. The first-order chi connectivity index (χ1) is 14.9. The zero-order valence-electron chi connectivity index (χ0n) is 16.6. The Hall–Kier alpha value is -3.36. The fourth-order valence-electron chi connectivity index (χ4n) is 3.44. The Kier molecular flexibility index (Phi) is 5.92. The van der Waals surface area contributed by atoms with Crippen LogP contribution < -0.4 is 13.8 Å². The minimum atomic E-state index is -3.84. The van der Waals surface area contributed by atoms with Crippen LogP contribution >= 0.6 is 0 Å². The van der Waals surface area contributed by atoms with Crippen molar-refractivity contribution in [1.82, 2.24) is 4.72 Å². The van der Waals surface area contributed by atoms with E-state index in [-0.39, 0.29) is 18.0 Å². The number of nitrogens with one attached hydrogen (secondary N) is 1. The lowest BCUT2D eigenvalue weighted by Gasteiger charge is -2.17. The lowest BCUT2D eigenvalue weighted by Crippen LogP contribution is -2.30. The number of aldehydes is 1. The van der Waals surface area contributed by atoms with Gasteiger partial charge in [0.15, 0.2) is 0 Å². The van der Waals surface area contributed by atoms with Crippen molar-refractivity contribution in [2.75, 3.05) is 10.8 Å². The van der Waals surface area contributed by atoms with Gasteiger partial charge in [0.25, 0.3) is 0 Å². The topological polar surface area (TPSA) is 95.9 Å². The maximum Gasteiger partial charge on any atom is 0.302 e. The molecule has 31 heavy (non-hydrogen) atoms. The van der Waals surface area contributed by atoms with Crippen LogP contribution in [-0.2, 0) is 27.8 Å². The zero-order chi connectivity index (χ0) is 21.8. The summed E-state index contributed by atoms with van der Waals surface area (Å²) in [7, 11) is -3.84. The van der Waals surface area contributed by atoms with E-state index in [1.807, 2.05) is 54.6 Å². The molecule has 1 fully saturated rings. The maximum atomic E-state index is 12.2. The molecule has 2 N–H and O–H groups in total. The Labute approximate surface area is 181 Å². The van der Waals surface area contributed by atoms with Gasteiger partial charge in [-0.3, -0.25) is 4.31 Å². The highest BCUT2D eigenvalue weighted by atomic mass is 32.2. The highest BCUT2D eigenvalue weighted by Gasteiger charge is 2.36. The van der Waals surface area contributed by atoms with Gasteiger partial charge in [-0.15, -0.1) is 0 Å². The lowest BCUT2D eigenvalue weighted by molar-refractivity contribution is -0.108. The number of carbonyl (C=O) groups excluding carboxylic acids is 1. The Balaban J connectivity index is 1.39. The van der Waals surface area contributed by atoms with E-state index in [1.54, 1.807) is 18.2 Å². The number of phenolic OH excluding ortho intramolecular Hbond substituents is 1. The lowest BCUT2D eigenvalue weighted by atomic mass is 10.0. The van der Waals surface area contributed by atoms with Gasteiger partial charge in [0.1, 0.15) is 23.5 Å². The van der Waals surface area contributed by atoms with Crippen LogP contribution in [0, 0.1) is 0 Å². The molecule has 1 heterocycles. The molecule has 0 radical (unpaired) electrons. The number of hydrogen-bond acceptors (Lipinski definition) is 5. The van der Waals surface area contributed by atoms with E-state index in [9.17, 15) is 18.3 Å². The van der Waals surface area contributed by atoms with Gasteiger partial charge in [0, 0.05) is 0 Å². The van der Waals surface area contributed by atoms with Crippen LogP contribution in [0.15, 0.2) is 72.8 Å². The van der Waals surface area contributed by atoms with E-state index in [1.165, 1.54) is 0 Å². The van der Waals surface area contributed by atoms with E-state index >= 15 is 0 Å². The van der Waals surface area contributed by atoms with Gasteiger partial charge in [0.2, 0.25) is 0 Å². The average molecular weight is 439 g/mol. The van der Waals surface area contributed by atoms with Gasteiger partial charge < -0.3 is 14.6 Å². The molecule has 3 aromatic carbocycles. The Morgan fingerprint density at radius 1 is 0.968 bits per heavy atom. The predicted molar refractivity (Wildman–Crippen MR) is 118 cm³/mol. The Morgan fingerprint density at radius 3 is 2.26 bits per heavy atom.